The van der Waals surface area contributed by atoms with Crippen molar-refractivity contribution < 1.29 is 8.78 Å². The third kappa shape index (κ3) is 5.24. The van der Waals surface area contributed by atoms with Crippen molar-refractivity contribution in [1.29, 1.82) is 0 Å². The van der Waals surface area contributed by atoms with Gasteiger partial charge in [-0.05, 0) is 30.4 Å². The van der Waals surface area contributed by atoms with Gasteiger partial charge in [-0.3, -0.25) is 10.3 Å². The lowest BCUT2D eigenvalue weighted by molar-refractivity contribution is 0.247. The number of rotatable bonds is 6. The molecule has 3 N–H and O–H groups in total. The van der Waals surface area contributed by atoms with Gasteiger partial charge in [-0.2, -0.15) is 5.10 Å². The molecule has 3 rings (SSSR count). The number of hydrazone groups is 1. The monoisotopic (exact) mass is 392 g/mol. The first-order valence-electron chi connectivity index (χ1n) is 8.68. The Morgan fingerprint density at radius 3 is 2.48 bits per heavy atom. The molecule has 1 aromatic heterocycles. The van der Waals surface area contributed by atoms with Crippen LogP contribution in [-0.4, -0.2) is 53.5 Å². The molecular formula is C18H22F2N6S. The highest BCUT2D eigenvalue weighted by Gasteiger charge is 2.20. The van der Waals surface area contributed by atoms with Crippen LogP contribution in [0.2, 0.25) is 0 Å². The van der Waals surface area contributed by atoms with Crippen molar-refractivity contribution in [1.82, 2.24) is 14.9 Å². The van der Waals surface area contributed by atoms with E-state index in [0.717, 1.165) is 38.5 Å². The van der Waals surface area contributed by atoms with Crippen molar-refractivity contribution >= 4 is 29.2 Å². The molecule has 0 spiro atoms. The minimum atomic E-state index is -0.546. The first-order chi connectivity index (χ1) is 13.0. The lowest BCUT2D eigenvalue weighted by Crippen LogP contribution is -2.47. The normalized spacial score (nSPS) is 15.4. The van der Waals surface area contributed by atoms with Gasteiger partial charge in [0.2, 0.25) is 0 Å². The van der Waals surface area contributed by atoms with E-state index in [9.17, 15) is 8.78 Å². The highest BCUT2D eigenvalue weighted by Crippen LogP contribution is 2.24. The summed E-state index contributed by atoms with van der Waals surface area (Å²) < 4.78 is 30.9. The zero-order valence-corrected chi connectivity index (χ0v) is 15.6. The van der Waals surface area contributed by atoms with Crippen LogP contribution < -0.4 is 16.1 Å². The van der Waals surface area contributed by atoms with E-state index in [2.05, 4.69) is 32.2 Å². The molecule has 0 radical (unpaired) electrons. The van der Waals surface area contributed by atoms with Gasteiger partial charge in [0.05, 0.1) is 11.9 Å². The van der Waals surface area contributed by atoms with E-state index < -0.39 is 11.6 Å². The van der Waals surface area contributed by atoms with Gasteiger partial charge >= 0.3 is 0 Å². The fourth-order valence-corrected chi connectivity index (χ4v) is 3.10. The minimum Gasteiger partial charge on any atom is -0.375 e. The van der Waals surface area contributed by atoms with Crippen LogP contribution in [-0.2, 0) is 6.54 Å². The number of nitrogens with zero attached hydrogens (tertiary/aromatic N) is 4. The second kappa shape index (κ2) is 8.92. The van der Waals surface area contributed by atoms with Crippen LogP contribution >= 0.6 is 12.2 Å². The van der Waals surface area contributed by atoms with Gasteiger partial charge in [0.25, 0.3) is 0 Å². The maximum atomic E-state index is 14.5. The number of thiocarbonyl (C=S) groups is 1. The lowest BCUT2D eigenvalue weighted by atomic mass is 10.1. The van der Waals surface area contributed by atoms with E-state index >= 15 is 0 Å². The van der Waals surface area contributed by atoms with E-state index in [1.54, 1.807) is 0 Å². The molecule has 6 nitrogen and oxygen atoms in total. The zero-order chi connectivity index (χ0) is 19.2. The first-order valence-corrected chi connectivity index (χ1v) is 9.09. The van der Waals surface area contributed by atoms with Crippen molar-refractivity contribution in [3.8, 4) is 0 Å². The number of anilines is 1. The summed E-state index contributed by atoms with van der Waals surface area (Å²) in [6.07, 6.45) is 5.23. The summed E-state index contributed by atoms with van der Waals surface area (Å²) >= 11 is 4.60. The van der Waals surface area contributed by atoms with Gasteiger partial charge in [0.1, 0.15) is 11.6 Å². The molecule has 1 aliphatic heterocycles. The SMILES string of the molecule is NC(=S)NN=Cc1cc(F)c(N2CCN(CCn3cccc3)CC2)cc1F. The molecule has 144 valence electrons. The van der Waals surface area contributed by atoms with Crippen LogP contribution in [0.5, 0.6) is 0 Å². The summed E-state index contributed by atoms with van der Waals surface area (Å²) in [7, 11) is 0. The molecule has 27 heavy (non-hydrogen) atoms. The average Bonchev–Trinajstić information content (AvgIpc) is 3.16. The predicted octanol–water partition coefficient (Wildman–Crippen LogP) is 1.76. The Morgan fingerprint density at radius 1 is 1.11 bits per heavy atom. The zero-order valence-electron chi connectivity index (χ0n) is 14.8. The highest BCUT2D eigenvalue weighted by molar-refractivity contribution is 7.80. The Hall–Kier alpha value is -2.52. The van der Waals surface area contributed by atoms with Crippen molar-refractivity contribution in [3.63, 3.8) is 0 Å². The van der Waals surface area contributed by atoms with E-state index in [-0.39, 0.29) is 16.4 Å². The number of benzene rings is 1. The molecule has 0 aliphatic carbocycles. The van der Waals surface area contributed by atoms with E-state index in [1.807, 2.05) is 29.4 Å². The Morgan fingerprint density at radius 2 is 1.81 bits per heavy atom. The van der Waals surface area contributed by atoms with Crippen LogP contribution in [0.15, 0.2) is 41.8 Å². The van der Waals surface area contributed by atoms with E-state index in [1.165, 1.54) is 6.07 Å². The maximum Gasteiger partial charge on any atom is 0.184 e. The van der Waals surface area contributed by atoms with Gasteiger partial charge in [0, 0.05) is 63.3 Å². The number of halogens is 2. The number of piperazine rings is 1. The van der Waals surface area contributed by atoms with Crippen LogP contribution in [0.25, 0.3) is 0 Å². The van der Waals surface area contributed by atoms with Crippen LogP contribution in [0, 0.1) is 11.6 Å². The molecule has 0 unspecified atom stereocenters. The molecular weight excluding hydrogens is 370 g/mol. The predicted molar refractivity (Wildman–Crippen MR) is 107 cm³/mol. The van der Waals surface area contributed by atoms with Crippen molar-refractivity contribution in [3.05, 3.63) is 53.9 Å². The summed E-state index contributed by atoms with van der Waals surface area (Å²) in [5.41, 5.74) is 7.86. The number of aromatic nitrogens is 1. The topological polar surface area (TPSA) is 61.8 Å². The smallest absolute Gasteiger partial charge is 0.184 e. The van der Waals surface area contributed by atoms with Gasteiger partial charge in [-0.1, -0.05) is 0 Å². The van der Waals surface area contributed by atoms with Crippen molar-refractivity contribution in [2.75, 3.05) is 37.6 Å². The Labute approximate surface area is 162 Å². The number of nitrogens with one attached hydrogen (secondary N) is 1. The summed E-state index contributed by atoms with van der Waals surface area (Å²) in [5, 5.41) is 3.62. The number of nitrogens with two attached hydrogens (primary N) is 1. The van der Waals surface area contributed by atoms with E-state index in [4.69, 9.17) is 5.73 Å². The molecule has 2 heterocycles. The largest absolute Gasteiger partial charge is 0.375 e. The van der Waals surface area contributed by atoms with Crippen LogP contribution in [0.1, 0.15) is 5.56 Å². The lowest BCUT2D eigenvalue weighted by Gasteiger charge is -2.36. The fourth-order valence-electron chi connectivity index (χ4n) is 3.05. The molecule has 1 aromatic carbocycles. The quantitative estimate of drug-likeness (QED) is 0.446. The molecule has 0 atom stereocenters. The maximum absolute atomic E-state index is 14.5. The molecule has 2 aromatic rings. The molecule has 9 heteroatoms. The molecule has 0 saturated carbocycles. The summed E-state index contributed by atoms with van der Waals surface area (Å²) in [6.45, 7) is 4.78. The molecule has 0 bridgehead atoms. The Kier molecular flexibility index (Phi) is 6.36. The second-order valence-electron chi connectivity index (χ2n) is 6.31. The molecule has 1 aliphatic rings. The summed E-state index contributed by atoms with van der Waals surface area (Å²) in [4.78, 5) is 4.20. The van der Waals surface area contributed by atoms with Crippen molar-refractivity contribution in [2.45, 2.75) is 6.54 Å². The number of hydrogen-bond acceptors (Lipinski definition) is 4. The van der Waals surface area contributed by atoms with Gasteiger partial charge < -0.3 is 15.2 Å². The van der Waals surface area contributed by atoms with Crippen LogP contribution in [0.4, 0.5) is 14.5 Å². The average molecular weight is 392 g/mol. The van der Waals surface area contributed by atoms with E-state index in [0.29, 0.717) is 13.1 Å². The van der Waals surface area contributed by atoms with Gasteiger partial charge in [-0.25, -0.2) is 8.78 Å². The molecule has 1 fully saturated rings. The van der Waals surface area contributed by atoms with Crippen LogP contribution in [0.3, 0.4) is 0 Å². The summed E-state index contributed by atoms with van der Waals surface area (Å²) in [6, 6.07) is 6.36. The van der Waals surface area contributed by atoms with Gasteiger partial charge in [0.15, 0.2) is 5.11 Å². The highest BCUT2D eigenvalue weighted by atomic mass is 32.1. The Balaban J connectivity index is 1.58. The number of hydrogen-bond donors (Lipinski definition) is 2. The molecule has 0 amide bonds. The van der Waals surface area contributed by atoms with Crippen molar-refractivity contribution in [2.24, 2.45) is 10.8 Å². The fraction of sp³-hybridized carbons (Fsp3) is 0.333. The second-order valence-corrected chi connectivity index (χ2v) is 6.75. The first kappa shape index (κ1) is 19.2. The molecule has 1 saturated heterocycles. The summed E-state index contributed by atoms with van der Waals surface area (Å²) in [5.74, 6) is -1.02. The Bertz CT molecular complexity index is 800. The third-order valence-electron chi connectivity index (χ3n) is 4.50. The minimum absolute atomic E-state index is 0.0327. The van der Waals surface area contributed by atoms with Gasteiger partial charge in [-0.15, -0.1) is 0 Å². The standard InChI is InChI=1S/C18H22F2N6S/c19-15-12-17(16(20)11-14(15)13-22-23-18(21)27)26-9-7-25(8-10-26)6-5-24-3-1-2-4-24/h1-4,11-13H,5-10H2,(H3,21,23,27). The third-order valence-corrected chi connectivity index (χ3v) is 4.59.